The van der Waals surface area contributed by atoms with E-state index in [1.807, 2.05) is 0 Å². The Balaban J connectivity index is 2.69. The van der Waals surface area contributed by atoms with Gasteiger partial charge in [0, 0.05) is 11.6 Å². The van der Waals surface area contributed by atoms with Crippen LogP contribution in [0, 0.1) is 0 Å². The van der Waals surface area contributed by atoms with E-state index < -0.39 is 0 Å². The molecule has 1 N–H and O–H groups in total. The van der Waals surface area contributed by atoms with E-state index in [0.29, 0.717) is 9.61 Å². The van der Waals surface area contributed by atoms with Gasteiger partial charge < -0.3 is 0 Å². The third kappa shape index (κ3) is 2.46. The van der Waals surface area contributed by atoms with Gasteiger partial charge in [0.05, 0.1) is 0 Å². The molecule has 0 unspecified atom stereocenters. The summed E-state index contributed by atoms with van der Waals surface area (Å²) in [5.74, 6) is -0.145. The zero-order valence-electron chi connectivity index (χ0n) is 5.63. The van der Waals surface area contributed by atoms with Crippen LogP contribution in [0.25, 0.3) is 0 Å². The van der Waals surface area contributed by atoms with E-state index in [1.54, 1.807) is 11.6 Å². The summed E-state index contributed by atoms with van der Waals surface area (Å²) in [5.41, 5.74) is 0. The number of nitrogens with one attached hydrogen (secondary N) is 1. The van der Waals surface area contributed by atoms with Crippen molar-refractivity contribution < 1.29 is 4.79 Å². The Morgan fingerprint density at radius 3 is 3.09 bits per heavy atom. The predicted molar refractivity (Wildman–Crippen MR) is 50.8 cm³/mol. The summed E-state index contributed by atoms with van der Waals surface area (Å²) in [4.78, 5) is 15.0. The van der Waals surface area contributed by atoms with Crippen LogP contribution < -0.4 is 4.72 Å². The molecule has 1 aromatic rings. The maximum Gasteiger partial charge on any atom is 0.290 e. The van der Waals surface area contributed by atoms with Gasteiger partial charge in [-0.25, -0.2) is 4.98 Å². The van der Waals surface area contributed by atoms with Gasteiger partial charge >= 0.3 is 0 Å². The molecule has 1 rings (SSSR count). The van der Waals surface area contributed by atoms with Gasteiger partial charge in [0.2, 0.25) is 0 Å². The first-order valence-electron chi connectivity index (χ1n) is 2.68. The highest BCUT2D eigenvalue weighted by atomic mass is 79.9. The summed E-state index contributed by atoms with van der Waals surface area (Å²) in [5, 5.41) is 2.25. The summed E-state index contributed by atoms with van der Waals surface area (Å²) >= 11 is 5.74. The lowest BCUT2D eigenvalue weighted by molar-refractivity contribution is 0.0984. The van der Waals surface area contributed by atoms with E-state index in [-0.39, 0.29) is 5.91 Å². The molecule has 0 saturated heterocycles. The van der Waals surface area contributed by atoms with E-state index in [1.165, 1.54) is 23.3 Å². The van der Waals surface area contributed by atoms with Gasteiger partial charge in [0.1, 0.15) is 4.60 Å². The number of amides is 1. The molecule has 0 aliphatic rings. The van der Waals surface area contributed by atoms with E-state index in [9.17, 15) is 4.79 Å². The monoisotopic (exact) mass is 252 g/mol. The normalized spacial score (nSPS) is 9.64. The highest BCUT2D eigenvalue weighted by molar-refractivity contribution is 9.10. The maximum atomic E-state index is 11.1. The molecule has 0 atom stereocenters. The minimum atomic E-state index is -0.145. The Bertz CT molecular complexity index is 263. The van der Waals surface area contributed by atoms with Crippen molar-refractivity contribution in [2.75, 3.05) is 6.26 Å². The maximum absolute atomic E-state index is 11.1. The average molecular weight is 253 g/mol. The number of thiazole rings is 1. The van der Waals surface area contributed by atoms with Gasteiger partial charge in [0.15, 0.2) is 5.01 Å². The number of hydrogen-bond acceptors (Lipinski definition) is 4. The van der Waals surface area contributed by atoms with Crippen molar-refractivity contribution in [3.8, 4) is 0 Å². The van der Waals surface area contributed by atoms with Crippen LogP contribution in [0.3, 0.4) is 0 Å². The first-order valence-corrected chi connectivity index (χ1v) is 5.58. The largest absolute Gasteiger partial charge is 0.294 e. The van der Waals surface area contributed by atoms with Crippen LogP contribution in [0.5, 0.6) is 0 Å². The molecule has 0 aliphatic carbocycles. The molecule has 1 heterocycles. The van der Waals surface area contributed by atoms with Gasteiger partial charge in [-0.2, -0.15) is 0 Å². The number of aromatic nitrogens is 1. The zero-order chi connectivity index (χ0) is 8.27. The van der Waals surface area contributed by atoms with Crippen LogP contribution >= 0.6 is 39.2 Å². The SMILES string of the molecule is CSNC(=O)c1nc(Br)cs1. The number of hydrogen-bond donors (Lipinski definition) is 1. The first kappa shape index (κ1) is 9.02. The van der Waals surface area contributed by atoms with Gasteiger partial charge in [0.25, 0.3) is 5.91 Å². The third-order valence-corrected chi connectivity index (χ3v) is 2.81. The topological polar surface area (TPSA) is 42.0 Å². The average Bonchev–Trinajstić information content (AvgIpc) is 2.36. The lowest BCUT2D eigenvalue weighted by Gasteiger charge is -1.93. The number of halogens is 1. The smallest absolute Gasteiger partial charge is 0.290 e. The minimum Gasteiger partial charge on any atom is -0.294 e. The molecule has 0 radical (unpaired) electrons. The van der Waals surface area contributed by atoms with Crippen LogP contribution in [-0.4, -0.2) is 17.1 Å². The first-order chi connectivity index (χ1) is 5.24. The summed E-state index contributed by atoms with van der Waals surface area (Å²) in [6.45, 7) is 0. The van der Waals surface area contributed by atoms with E-state index in [0.717, 1.165) is 0 Å². The molecular weight excluding hydrogens is 248 g/mol. The molecule has 60 valence electrons. The standard InChI is InChI=1S/C5H5BrN2OS2/c1-10-8-4(9)5-7-3(6)2-11-5/h2H,1H3,(H,8,9). The van der Waals surface area contributed by atoms with Crippen molar-refractivity contribution in [2.45, 2.75) is 0 Å². The van der Waals surface area contributed by atoms with Crippen LogP contribution in [-0.2, 0) is 0 Å². The van der Waals surface area contributed by atoms with Crippen LogP contribution in [0.15, 0.2) is 9.98 Å². The fourth-order valence-electron chi connectivity index (χ4n) is 0.495. The molecule has 0 aromatic carbocycles. The Morgan fingerprint density at radius 1 is 1.91 bits per heavy atom. The van der Waals surface area contributed by atoms with E-state index in [2.05, 4.69) is 25.6 Å². The van der Waals surface area contributed by atoms with Crippen molar-refractivity contribution >= 4 is 45.1 Å². The molecule has 6 heteroatoms. The fraction of sp³-hybridized carbons (Fsp3) is 0.200. The molecule has 0 fully saturated rings. The van der Waals surface area contributed by atoms with Gasteiger partial charge in [-0.05, 0) is 15.9 Å². The number of rotatable bonds is 2. The second-order valence-corrected chi connectivity index (χ2v) is 3.89. The lowest BCUT2D eigenvalue weighted by atomic mass is 10.7. The molecule has 0 aliphatic heterocycles. The minimum absolute atomic E-state index is 0.145. The van der Waals surface area contributed by atoms with Crippen molar-refractivity contribution in [1.82, 2.24) is 9.71 Å². The van der Waals surface area contributed by atoms with Crippen LogP contribution in [0.4, 0.5) is 0 Å². The highest BCUT2D eigenvalue weighted by Gasteiger charge is 2.08. The van der Waals surface area contributed by atoms with Crippen molar-refractivity contribution in [3.05, 3.63) is 15.0 Å². The van der Waals surface area contributed by atoms with Crippen LogP contribution in [0.2, 0.25) is 0 Å². The van der Waals surface area contributed by atoms with Gasteiger partial charge in [-0.15, -0.1) is 11.3 Å². The van der Waals surface area contributed by atoms with Gasteiger partial charge in [-0.1, -0.05) is 11.9 Å². The van der Waals surface area contributed by atoms with Crippen molar-refractivity contribution in [2.24, 2.45) is 0 Å². The number of nitrogens with zero attached hydrogens (tertiary/aromatic N) is 1. The van der Waals surface area contributed by atoms with Crippen LogP contribution in [0.1, 0.15) is 9.80 Å². The summed E-state index contributed by atoms with van der Waals surface area (Å²) < 4.78 is 3.28. The third-order valence-electron chi connectivity index (χ3n) is 0.865. The Morgan fingerprint density at radius 2 is 2.64 bits per heavy atom. The highest BCUT2D eigenvalue weighted by Crippen LogP contribution is 2.14. The Hall–Kier alpha value is -0.0700. The van der Waals surface area contributed by atoms with Crippen molar-refractivity contribution in [1.29, 1.82) is 0 Å². The second-order valence-electron chi connectivity index (χ2n) is 1.61. The molecule has 3 nitrogen and oxygen atoms in total. The number of carbonyl (C=O) groups excluding carboxylic acids is 1. The molecule has 0 saturated carbocycles. The quantitative estimate of drug-likeness (QED) is 0.818. The molecule has 11 heavy (non-hydrogen) atoms. The fourth-order valence-corrected chi connectivity index (χ4v) is 1.99. The second kappa shape index (κ2) is 4.08. The molecule has 1 amide bonds. The van der Waals surface area contributed by atoms with Crippen molar-refractivity contribution in [3.63, 3.8) is 0 Å². The molecule has 0 bridgehead atoms. The molecular formula is C5H5BrN2OS2. The van der Waals surface area contributed by atoms with E-state index in [4.69, 9.17) is 0 Å². The predicted octanol–water partition coefficient (Wildman–Crippen LogP) is 1.91. The molecule has 1 aromatic heterocycles. The Labute approximate surface area is 80.9 Å². The summed E-state index contributed by atoms with van der Waals surface area (Å²) in [7, 11) is 0. The zero-order valence-corrected chi connectivity index (χ0v) is 8.85. The summed E-state index contributed by atoms with van der Waals surface area (Å²) in [6, 6.07) is 0. The summed E-state index contributed by atoms with van der Waals surface area (Å²) in [6.07, 6.45) is 1.79. The number of carbonyl (C=O) groups is 1. The van der Waals surface area contributed by atoms with E-state index >= 15 is 0 Å². The molecule has 0 spiro atoms. The van der Waals surface area contributed by atoms with Gasteiger partial charge in [-0.3, -0.25) is 9.52 Å². The Kier molecular flexibility index (Phi) is 3.35. The lowest BCUT2D eigenvalue weighted by Crippen LogP contribution is -2.14.